The van der Waals surface area contributed by atoms with Crippen LogP contribution in [0.2, 0.25) is 0 Å². The van der Waals surface area contributed by atoms with E-state index in [-0.39, 0.29) is 12.4 Å². The van der Waals surface area contributed by atoms with Crippen LogP contribution in [0.4, 0.5) is 0 Å². The number of hydrogen-bond acceptors (Lipinski definition) is 4. The van der Waals surface area contributed by atoms with Crippen LogP contribution in [-0.4, -0.2) is 26.2 Å². The van der Waals surface area contributed by atoms with E-state index in [1.54, 1.807) is 31.2 Å². The zero-order valence-electron chi connectivity index (χ0n) is 11.3. The summed E-state index contributed by atoms with van der Waals surface area (Å²) in [6, 6.07) is 8.87. The van der Waals surface area contributed by atoms with Gasteiger partial charge in [0.1, 0.15) is 0 Å². The van der Waals surface area contributed by atoms with Crippen LogP contribution in [0.25, 0.3) is 0 Å². The summed E-state index contributed by atoms with van der Waals surface area (Å²) in [5, 5.41) is -1.06. The van der Waals surface area contributed by atoms with E-state index in [4.69, 9.17) is 4.74 Å². The highest BCUT2D eigenvalue weighted by atomic mass is 32.2. The average Bonchev–Trinajstić information content (AvgIpc) is 2.36. The van der Waals surface area contributed by atoms with Crippen molar-refractivity contribution in [2.45, 2.75) is 37.7 Å². The fourth-order valence-corrected chi connectivity index (χ4v) is 3.66. The van der Waals surface area contributed by atoms with Gasteiger partial charge in [0.05, 0.1) is 12.4 Å². The lowest BCUT2D eigenvalue weighted by atomic mass is 10.2. The zero-order valence-corrected chi connectivity index (χ0v) is 12.2. The van der Waals surface area contributed by atoms with Crippen LogP contribution in [0.5, 0.6) is 0 Å². The van der Waals surface area contributed by atoms with Gasteiger partial charge in [-0.05, 0) is 18.9 Å². The number of rotatable bonds is 7. The third-order valence-electron chi connectivity index (χ3n) is 2.74. The number of carbonyl (C=O) groups excluding carboxylic acids is 1. The molecule has 1 atom stereocenters. The molecule has 0 amide bonds. The van der Waals surface area contributed by atoms with Crippen molar-refractivity contribution in [2.24, 2.45) is 0 Å². The van der Waals surface area contributed by atoms with E-state index in [1.165, 1.54) is 0 Å². The molecule has 0 radical (unpaired) electrons. The fourth-order valence-electron chi connectivity index (χ4n) is 1.85. The fraction of sp³-hybridized carbons (Fsp3) is 0.500. The van der Waals surface area contributed by atoms with Gasteiger partial charge in [-0.25, -0.2) is 8.42 Å². The first kappa shape index (κ1) is 15.7. The van der Waals surface area contributed by atoms with E-state index < -0.39 is 21.1 Å². The van der Waals surface area contributed by atoms with Crippen molar-refractivity contribution >= 4 is 15.8 Å². The normalized spacial score (nSPS) is 12.9. The molecule has 0 aliphatic heterocycles. The van der Waals surface area contributed by atoms with Gasteiger partial charge in [-0.15, -0.1) is 0 Å². The SMILES string of the molecule is CCCC(C(=O)OCC)S(=O)(=O)Cc1ccccc1. The average molecular weight is 284 g/mol. The lowest BCUT2D eigenvalue weighted by Crippen LogP contribution is -2.33. The number of ether oxygens (including phenoxy) is 1. The molecule has 19 heavy (non-hydrogen) atoms. The summed E-state index contributed by atoms with van der Waals surface area (Å²) in [7, 11) is -3.53. The lowest BCUT2D eigenvalue weighted by Gasteiger charge is -2.15. The molecule has 4 nitrogen and oxygen atoms in total. The van der Waals surface area contributed by atoms with E-state index in [2.05, 4.69) is 0 Å². The minimum Gasteiger partial charge on any atom is -0.465 e. The molecule has 0 saturated heterocycles. The number of hydrogen-bond donors (Lipinski definition) is 0. The van der Waals surface area contributed by atoms with Crippen LogP contribution < -0.4 is 0 Å². The highest BCUT2D eigenvalue weighted by molar-refractivity contribution is 7.92. The molecule has 0 aliphatic rings. The molecule has 0 aromatic heterocycles. The van der Waals surface area contributed by atoms with Gasteiger partial charge in [0, 0.05) is 0 Å². The second-order valence-corrected chi connectivity index (χ2v) is 6.51. The van der Waals surface area contributed by atoms with Crippen LogP contribution in [0, 0.1) is 0 Å². The predicted octanol–water partition coefficient (Wildman–Crippen LogP) is 2.33. The maximum absolute atomic E-state index is 12.3. The molecule has 0 N–H and O–H groups in total. The molecular formula is C14H20O4S. The van der Waals surface area contributed by atoms with Crippen molar-refractivity contribution in [1.82, 2.24) is 0 Å². The van der Waals surface area contributed by atoms with Crippen molar-refractivity contribution in [1.29, 1.82) is 0 Å². The largest absolute Gasteiger partial charge is 0.465 e. The first-order chi connectivity index (χ1) is 9.01. The highest BCUT2D eigenvalue weighted by Crippen LogP contribution is 2.17. The van der Waals surface area contributed by atoms with Crippen molar-refractivity contribution in [2.75, 3.05) is 6.61 Å². The van der Waals surface area contributed by atoms with E-state index >= 15 is 0 Å². The Balaban J connectivity index is 2.90. The Hall–Kier alpha value is -1.36. The molecule has 5 heteroatoms. The summed E-state index contributed by atoms with van der Waals surface area (Å²) in [6.07, 6.45) is 0.922. The second-order valence-electron chi connectivity index (χ2n) is 4.32. The van der Waals surface area contributed by atoms with Gasteiger partial charge in [-0.2, -0.15) is 0 Å². The molecule has 1 unspecified atom stereocenters. The van der Waals surface area contributed by atoms with Gasteiger partial charge in [0.15, 0.2) is 15.1 Å². The molecular weight excluding hydrogens is 264 g/mol. The van der Waals surface area contributed by atoms with E-state index in [0.29, 0.717) is 18.4 Å². The number of benzene rings is 1. The molecule has 0 aliphatic carbocycles. The molecule has 0 fully saturated rings. The minimum absolute atomic E-state index is 0.128. The monoisotopic (exact) mass is 284 g/mol. The van der Waals surface area contributed by atoms with Crippen molar-refractivity contribution in [3.63, 3.8) is 0 Å². The van der Waals surface area contributed by atoms with E-state index in [0.717, 1.165) is 0 Å². The molecule has 0 heterocycles. The van der Waals surface area contributed by atoms with E-state index in [9.17, 15) is 13.2 Å². The molecule has 0 saturated carbocycles. The number of carbonyl (C=O) groups is 1. The summed E-state index contributed by atoms with van der Waals surface area (Å²) < 4.78 is 29.5. The van der Waals surface area contributed by atoms with Gasteiger partial charge in [-0.1, -0.05) is 43.7 Å². The highest BCUT2D eigenvalue weighted by Gasteiger charge is 2.32. The minimum atomic E-state index is -3.53. The first-order valence-corrected chi connectivity index (χ1v) is 8.15. The molecule has 106 valence electrons. The molecule has 0 bridgehead atoms. The van der Waals surface area contributed by atoms with Crippen LogP contribution >= 0.6 is 0 Å². The van der Waals surface area contributed by atoms with Crippen molar-refractivity contribution in [3.8, 4) is 0 Å². The maximum atomic E-state index is 12.3. The van der Waals surface area contributed by atoms with Gasteiger partial charge in [-0.3, -0.25) is 4.79 Å². The Morgan fingerprint density at radius 1 is 1.21 bits per heavy atom. The summed E-state index contributed by atoms with van der Waals surface area (Å²) in [5.41, 5.74) is 0.688. The number of sulfone groups is 1. The molecule has 0 spiro atoms. The van der Waals surface area contributed by atoms with Crippen LogP contribution in [0.15, 0.2) is 30.3 Å². The molecule has 1 aromatic carbocycles. The van der Waals surface area contributed by atoms with Gasteiger partial charge in [0.2, 0.25) is 0 Å². The van der Waals surface area contributed by atoms with Crippen LogP contribution in [0.3, 0.4) is 0 Å². The zero-order chi connectivity index (χ0) is 14.3. The lowest BCUT2D eigenvalue weighted by molar-refractivity contribution is -0.142. The smallest absolute Gasteiger partial charge is 0.324 e. The van der Waals surface area contributed by atoms with Gasteiger partial charge < -0.3 is 4.74 Å². The summed E-state index contributed by atoms with van der Waals surface area (Å²) in [6.45, 7) is 3.72. The van der Waals surface area contributed by atoms with Crippen LogP contribution in [-0.2, 0) is 25.1 Å². The van der Waals surface area contributed by atoms with E-state index in [1.807, 2.05) is 13.0 Å². The Bertz CT molecular complexity index is 493. The van der Waals surface area contributed by atoms with Crippen LogP contribution in [0.1, 0.15) is 32.3 Å². The summed E-state index contributed by atoms with van der Waals surface area (Å²) in [5.74, 6) is -0.766. The molecule has 1 rings (SSSR count). The summed E-state index contributed by atoms with van der Waals surface area (Å²) >= 11 is 0. The Kier molecular flexibility index (Phi) is 6.02. The Morgan fingerprint density at radius 3 is 2.37 bits per heavy atom. The third-order valence-corrected chi connectivity index (χ3v) is 4.78. The second kappa shape index (κ2) is 7.28. The summed E-state index contributed by atoms with van der Waals surface area (Å²) in [4.78, 5) is 11.8. The predicted molar refractivity (Wildman–Crippen MR) is 74.4 cm³/mol. The molecule has 1 aromatic rings. The van der Waals surface area contributed by atoms with Gasteiger partial charge >= 0.3 is 5.97 Å². The van der Waals surface area contributed by atoms with Gasteiger partial charge in [0.25, 0.3) is 0 Å². The first-order valence-electron chi connectivity index (χ1n) is 6.43. The van der Waals surface area contributed by atoms with Crippen molar-refractivity contribution in [3.05, 3.63) is 35.9 Å². The quantitative estimate of drug-likeness (QED) is 0.721. The number of esters is 1. The standard InChI is InChI=1S/C14H20O4S/c1-3-8-13(14(15)18-4-2)19(16,17)11-12-9-6-5-7-10-12/h5-7,9-10,13H,3-4,8,11H2,1-2H3. The Labute approximate surface area is 114 Å². The third kappa shape index (κ3) is 4.67. The van der Waals surface area contributed by atoms with Crippen molar-refractivity contribution < 1.29 is 17.9 Å². The maximum Gasteiger partial charge on any atom is 0.324 e. The Morgan fingerprint density at radius 2 is 1.84 bits per heavy atom. The topological polar surface area (TPSA) is 60.4 Å².